The largest absolute Gasteiger partial charge is 0.358 e. The van der Waals surface area contributed by atoms with E-state index in [1.54, 1.807) is 0 Å². The van der Waals surface area contributed by atoms with Gasteiger partial charge in [0.1, 0.15) is 0 Å². The number of hydrogen-bond acceptors (Lipinski definition) is 2. The van der Waals surface area contributed by atoms with Crippen molar-refractivity contribution in [2.24, 2.45) is 0 Å². The van der Waals surface area contributed by atoms with E-state index in [9.17, 15) is 0 Å². The Hall–Kier alpha value is -3.09. The second-order valence-electron chi connectivity index (χ2n) is 5.68. The van der Waals surface area contributed by atoms with Crippen molar-refractivity contribution in [3.63, 3.8) is 0 Å². The minimum absolute atomic E-state index is 0. The maximum Gasteiger partial charge on any atom is 0.154 e. The van der Waals surface area contributed by atoms with E-state index < -0.39 is 22.9 Å². The van der Waals surface area contributed by atoms with Gasteiger partial charge in [0.25, 0.3) is 0 Å². The van der Waals surface area contributed by atoms with Crippen molar-refractivity contribution in [1.29, 1.82) is 0 Å². The fourth-order valence-corrected chi connectivity index (χ4v) is 5.28. The fraction of sp³-hybridized carbons (Fsp3) is 0. The van der Waals surface area contributed by atoms with Crippen molar-refractivity contribution in [1.82, 2.24) is 0 Å². The van der Waals surface area contributed by atoms with E-state index in [-0.39, 0.29) is 7.43 Å². The molecule has 0 N–H and O–H groups in total. The molecule has 0 aliphatic heterocycles. The molecule has 152 valence electrons. The molecule has 0 aliphatic carbocycles. The van der Waals surface area contributed by atoms with Gasteiger partial charge >= 0.3 is 33.2 Å². The van der Waals surface area contributed by atoms with Crippen molar-refractivity contribution in [2.45, 2.75) is 0 Å². The Morgan fingerprint density at radius 3 is 1.10 bits per heavy atom. The topological polar surface area (TPSA) is 34.1 Å². The zero-order valence-corrected chi connectivity index (χ0v) is 18.9. The van der Waals surface area contributed by atoms with Crippen LogP contribution in [0.4, 0.5) is 0 Å². The van der Waals surface area contributed by atoms with Gasteiger partial charge in [-0.15, -0.1) is 0 Å². The van der Waals surface area contributed by atoms with Crippen molar-refractivity contribution in [3.8, 4) is 0 Å². The fourth-order valence-electron chi connectivity index (χ4n) is 2.65. The first-order chi connectivity index (χ1) is 14.4. The summed E-state index contributed by atoms with van der Waals surface area (Å²) in [5.41, 5.74) is 0. The average molecular weight is 450 g/mol. The van der Waals surface area contributed by atoms with Crippen LogP contribution in [0.5, 0.6) is 0 Å². The van der Waals surface area contributed by atoms with Gasteiger partial charge in [0.05, 0.1) is 0 Å². The monoisotopic (exact) mass is 450 g/mol. The molecule has 0 spiro atoms. The third-order valence-electron chi connectivity index (χ3n) is 3.82. The van der Waals surface area contributed by atoms with Crippen LogP contribution in [0, 0.1) is 7.43 Å². The summed E-state index contributed by atoms with van der Waals surface area (Å²) in [6, 6.07) is 42.5. The molecule has 4 rings (SSSR count). The molecule has 0 aromatic heterocycles. The van der Waals surface area contributed by atoms with Gasteiger partial charge < -0.3 is 7.43 Å². The van der Waals surface area contributed by atoms with Crippen LogP contribution in [0.1, 0.15) is 0 Å². The van der Waals surface area contributed by atoms with E-state index in [0.29, 0.717) is 0 Å². The quantitative estimate of drug-likeness (QED) is 0.273. The standard InChI is InChI=1S/C18H15Si.C5H5.2CO.CH3.Mn/c1-4-10-16(11-5-1)19(17-12-6-2-7-13-17)18-14-8-3-9-15-18;1-2-4-5-3-1;2*1-2;;/h1-15H;1-5H;;;1H3;/q;-1;;;-1;. The van der Waals surface area contributed by atoms with E-state index in [1.165, 1.54) is 25.1 Å². The van der Waals surface area contributed by atoms with Crippen LogP contribution < -0.4 is 15.6 Å². The molecule has 0 unspecified atom stereocenters. The van der Waals surface area contributed by atoms with Crippen LogP contribution in [0.25, 0.3) is 0 Å². The van der Waals surface area contributed by atoms with Crippen molar-refractivity contribution in [2.75, 3.05) is 0 Å². The Kier molecular flexibility index (Phi) is 13.1. The Morgan fingerprint density at radius 1 is 0.567 bits per heavy atom. The first kappa shape index (κ1) is 24.9. The van der Waals surface area contributed by atoms with Gasteiger partial charge in [-0.1, -0.05) is 107 Å². The van der Waals surface area contributed by atoms with E-state index in [1.807, 2.05) is 30.3 Å². The molecule has 1 radical (unpaired) electrons. The maximum atomic E-state index is 9.03. The molecular formula is C26H23MnO2Si-2. The molecule has 0 heterocycles. The van der Waals surface area contributed by atoms with Gasteiger partial charge in [-0.05, 0) is 0 Å². The SMILES string of the molecule is O=[C]=[Mn]=[C]=O.[CH3-].c1cc[cH-]c1.c1ccc([Si](c2ccccc2)c2ccccc2)cc1. The molecular weight excluding hydrogens is 427 g/mol. The summed E-state index contributed by atoms with van der Waals surface area (Å²) in [6.07, 6.45) is 0. The molecule has 0 aliphatic rings. The van der Waals surface area contributed by atoms with Gasteiger partial charge in [-0.25, -0.2) is 12.1 Å². The summed E-state index contributed by atoms with van der Waals surface area (Å²) >= 11 is -0.438. The van der Waals surface area contributed by atoms with E-state index in [0.717, 1.165) is 0 Å². The summed E-state index contributed by atoms with van der Waals surface area (Å²) in [5, 5.41) is 4.31. The summed E-state index contributed by atoms with van der Waals surface area (Å²) in [5.74, 6) is 0. The Morgan fingerprint density at radius 2 is 0.900 bits per heavy atom. The summed E-state index contributed by atoms with van der Waals surface area (Å²) in [7, 11) is -0.877. The van der Waals surface area contributed by atoms with Gasteiger partial charge in [-0.2, -0.15) is 18.2 Å². The van der Waals surface area contributed by atoms with E-state index in [4.69, 9.17) is 9.59 Å². The van der Waals surface area contributed by atoms with Crippen LogP contribution >= 0.6 is 0 Å². The van der Waals surface area contributed by atoms with Crippen molar-refractivity contribution in [3.05, 3.63) is 129 Å². The molecule has 0 amide bonds. The van der Waals surface area contributed by atoms with Gasteiger partial charge in [0.2, 0.25) is 0 Å². The van der Waals surface area contributed by atoms with Crippen molar-refractivity contribution < 1.29 is 23.7 Å². The summed E-state index contributed by atoms with van der Waals surface area (Å²) in [6.45, 7) is 0. The van der Waals surface area contributed by atoms with Gasteiger partial charge in [0.15, 0.2) is 8.80 Å². The molecule has 4 heteroatoms. The molecule has 30 heavy (non-hydrogen) atoms. The Balaban J connectivity index is 0.000000340. The van der Waals surface area contributed by atoms with Crippen LogP contribution in [-0.2, 0) is 23.7 Å². The first-order valence-corrected chi connectivity index (χ1v) is 11.6. The smallest absolute Gasteiger partial charge is 0.154 e. The van der Waals surface area contributed by atoms with E-state index >= 15 is 0 Å². The minimum Gasteiger partial charge on any atom is -0.358 e. The van der Waals surface area contributed by atoms with Crippen LogP contribution in [0.2, 0.25) is 0 Å². The molecule has 4 aromatic carbocycles. The van der Waals surface area contributed by atoms with E-state index in [2.05, 4.69) is 91.0 Å². The molecule has 0 saturated heterocycles. The summed E-state index contributed by atoms with van der Waals surface area (Å²) in [4.78, 5) is 20.8. The molecule has 0 bridgehead atoms. The maximum absolute atomic E-state index is 9.03. The third kappa shape index (κ3) is 8.94. The van der Waals surface area contributed by atoms with Gasteiger partial charge in [0, 0.05) is 0 Å². The third-order valence-corrected chi connectivity index (χ3v) is 6.79. The molecule has 2 nitrogen and oxygen atoms in total. The van der Waals surface area contributed by atoms with Crippen LogP contribution in [-0.4, -0.2) is 18.4 Å². The normalized spacial score (nSPS) is 8.70. The molecule has 4 aromatic rings. The predicted octanol–water partition coefficient (Wildman–Crippen LogP) is 3.26. The van der Waals surface area contributed by atoms with Crippen molar-refractivity contribution >= 4 is 33.9 Å². The molecule has 0 atom stereocenters. The van der Waals surface area contributed by atoms with Crippen LogP contribution in [0.3, 0.4) is 0 Å². The first-order valence-electron chi connectivity index (χ1n) is 8.93. The second-order valence-corrected chi connectivity index (χ2v) is 8.94. The zero-order chi connectivity index (χ0) is 20.6. The predicted molar refractivity (Wildman–Crippen MR) is 124 cm³/mol. The Labute approximate surface area is 186 Å². The number of benzene rings is 3. The molecule has 0 saturated carbocycles. The van der Waals surface area contributed by atoms with Gasteiger partial charge in [-0.3, -0.25) is 0 Å². The summed E-state index contributed by atoms with van der Waals surface area (Å²) < 4.78 is 0. The number of hydrogen-bond donors (Lipinski definition) is 0. The number of rotatable bonds is 3. The molecule has 0 fully saturated rings. The Bertz CT molecular complexity index is 909. The number of carbonyl (C=O) groups excluding carboxylic acids is 2. The average Bonchev–Trinajstić information content (AvgIpc) is 3.38. The second kappa shape index (κ2) is 15.8. The van der Waals surface area contributed by atoms with Crippen LogP contribution in [0.15, 0.2) is 121 Å². The zero-order valence-electron chi connectivity index (χ0n) is 16.7. The minimum atomic E-state index is -0.877.